The van der Waals surface area contributed by atoms with E-state index >= 15 is 0 Å². The van der Waals surface area contributed by atoms with E-state index < -0.39 is 5.82 Å². The standard InChI is InChI=1S/C19H20FNO2/c1-12-4-7-17(16(20)10-12)21-19(23)9-8-18(22)15-6-5-13(2)14(3)11-15/h4-7,10-11H,8-9H2,1-3H3,(H,21,23). The maximum absolute atomic E-state index is 13.7. The Balaban J connectivity index is 1.93. The lowest BCUT2D eigenvalue weighted by Crippen LogP contribution is -2.14. The van der Waals surface area contributed by atoms with E-state index in [1.54, 1.807) is 19.1 Å². The molecule has 4 heteroatoms. The lowest BCUT2D eigenvalue weighted by molar-refractivity contribution is -0.116. The third-order valence-electron chi connectivity index (χ3n) is 3.81. The van der Waals surface area contributed by atoms with Crippen molar-refractivity contribution in [3.05, 3.63) is 64.5 Å². The molecule has 0 aliphatic carbocycles. The largest absolute Gasteiger partial charge is 0.324 e. The molecule has 0 radical (unpaired) electrons. The summed E-state index contributed by atoms with van der Waals surface area (Å²) in [6.07, 6.45) is 0.126. The summed E-state index contributed by atoms with van der Waals surface area (Å²) in [5.41, 5.74) is 3.68. The van der Waals surface area contributed by atoms with Gasteiger partial charge in [0.05, 0.1) is 5.69 Å². The van der Waals surface area contributed by atoms with Crippen molar-refractivity contribution in [2.45, 2.75) is 33.6 Å². The Hall–Kier alpha value is -2.49. The third kappa shape index (κ3) is 4.49. The predicted molar refractivity (Wildman–Crippen MR) is 89.2 cm³/mol. The van der Waals surface area contributed by atoms with Crippen molar-refractivity contribution >= 4 is 17.4 Å². The van der Waals surface area contributed by atoms with Gasteiger partial charge in [-0.25, -0.2) is 4.39 Å². The average molecular weight is 313 g/mol. The quantitative estimate of drug-likeness (QED) is 0.834. The van der Waals surface area contributed by atoms with E-state index in [9.17, 15) is 14.0 Å². The average Bonchev–Trinajstić information content (AvgIpc) is 2.50. The molecule has 1 amide bonds. The number of carbonyl (C=O) groups excluding carboxylic acids is 2. The van der Waals surface area contributed by atoms with Gasteiger partial charge in [-0.05, 0) is 55.7 Å². The number of anilines is 1. The van der Waals surface area contributed by atoms with E-state index in [1.807, 2.05) is 26.0 Å². The van der Waals surface area contributed by atoms with Crippen molar-refractivity contribution in [3.8, 4) is 0 Å². The molecule has 0 atom stereocenters. The summed E-state index contributed by atoms with van der Waals surface area (Å²) in [5.74, 6) is -0.934. The molecule has 0 aliphatic heterocycles. The molecule has 2 aromatic rings. The zero-order chi connectivity index (χ0) is 17.0. The Bertz CT molecular complexity index is 753. The first kappa shape index (κ1) is 16.9. The van der Waals surface area contributed by atoms with Gasteiger partial charge < -0.3 is 5.32 Å². The van der Waals surface area contributed by atoms with Gasteiger partial charge in [0.25, 0.3) is 0 Å². The first-order valence-electron chi connectivity index (χ1n) is 7.53. The highest BCUT2D eigenvalue weighted by molar-refractivity contribution is 6.00. The first-order chi connectivity index (χ1) is 10.9. The lowest BCUT2D eigenvalue weighted by atomic mass is 10.0. The van der Waals surface area contributed by atoms with Crippen LogP contribution in [0.1, 0.15) is 39.9 Å². The van der Waals surface area contributed by atoms with Crippen molar-refractivity contribution < 1.29 is 14.0 Å². The smallest absolute Gasteiger partial charge is 0.224 e. The number of nitrogens with one attached hydrogen (secondary N) is 1. The van der Waals surface area contributed by atoms with Crippen LogP contribution in [0.15, 0.2) is 36.4 Å². The molecule has 0 unspecified atom stereocenters. The highest BCUT2D eigenvalue weighted by Gasteiger charge is 2.12. The zero-order valence-corrected chi connectivity index (χ0v) is 13.6. The van der Waals surface area contributed by atoms with Gasteiger partial charge in [0.2, 0.25) is 5.91 Å². The molecule has 0 saturated heterocycles. The molecular weight excluding hydrogens is 293 g/mol. The van der Waals surface area contributed by atoms with Crippen LogP contribution in [0.25, 0.3) is 0 Å². The lowest BCUT2D eigenvalue weighted by Gasteiger charge is -2.07. The maximum atomic E-state index is 13.7. The molecule has 3 nitrogen and oxygen atoms in total. The first-order valence-corrected chi connectivity index (χ1v) is 7.53. The van der Waals surface area contributed by atoms with E-state index in [2.05, 4.69) is 5.32 Å². The van der Waals surface area contributed by atoms with Crippen LogP contribution in [0.4, 0.5) is 10.1 Å². The molecule has 0 saturated carbocycles. The number of benzene rings is 2. The van der Waals surface area contributed by atoms with Gasteiger partial charge in [0.15, 0.2) is 5.78 Å². The van der Waals surface area contributed by atoms with Crippen LogP contribution >= 0.6 is 0 Å². The molecule has 23 heavy (non-hydrogen) atoms. The second-order valence-electron chi connectivity index (χ2n) is 5.75. The van der Waals surface area contributed by atoms with E-state index in [0.717, 1.165) is 16.7 Å². The van der Waals surface area contributed by atoms with E-state index in [-0.39, 0.29) is 30.2 Å². The number of hydrogen-bond acceptors (Lipinski definition) is 2. The number of hydrogen-bond donors (Lipinski definition) is 1. The Morgan fingerprint density at radius 3 is 2.35 bits per heavy atom. The summed E-state index contributed by atoms with van der Waals surface area (Å²) in [6.45, 7) is 5.70. The molecule has 0 spiro atoms. The van der Waals surface area contributed by atoms with E-state index in [4.69, 9.17) is 0 Å². The number of carbonyl (C=O) groups is 2. The summed E-state index contributed by atoms with van der Waals surface area (Å²) in [5, 5.41) is 2.50. The zero-order valence-electron chi connectivity index (χ0n) is 13.6. The number of rotatable bonds is 5. The van der Waals surface area contributed by atoms with Gasteiger partial charge in [-0.2, -0.15) is 0 Å². The van der Waals surface area contributed by atoms with Crippen molar-refractivity contribution in [1.82, 2.24) is 0 Å². The minimum Gasteiger partial charge on any atom is -0.324 e. The minimum atomic E-state index is -0.473. The summed E-state index contributed by atoms with van der Waals surface area (Å²) in [6, 6.07) is 10.1. The Morgan fingerprint density at radius 1 is 0.957 bits per heavy atom. The summed E-state index contributed by atoms with van der Waals surface area (Å²) >= 11 is 0. The van der Waals surface area contributed by atoms with Crippen LogP contribution in [-0.2, 0) is 4.79 Å². The predicted octanol–water partition coefficient (Wildman–Crippen LogP) is 4.35. The third-order valence-corrected chi connectivity index (χ3v) is 3.81. The summed E-state index contributed by atoms with van der Waals surface area (Å²) in [7, 11) is 0. The second-order valence-corrected chi connectivity index (χ2v) is 5.75. The van der Waals surface area contributed by atoms with E-state index in [1.165, 1.54) is 12.1 Å². The molecule has 2 rings (SSSR count). The number of halogens is 1. The monoisotopic (exact) mass is 313 g/mol. The number of amides is 1. The highest BCUT2D eigenvalue weighted by Crippen LogP contribution is 2.16. The topological polar surface area (TPSA) is 46.2 Å². The Labute approximate surface area is 135 Å². The van der Waals surface area contributed by atoms with Crippen LogP contribution < -0.4 is 5.32 Å². The number of ketones is 1. The maximum Gasteiger partial charge on any atom is 0.224 e. The molecular formula is C19H20FNO2. The van der Waals surface area contributed by atoms with Crippen molar-refractivity contribution in [2.24, 2.45) is 0 Å². The summed E-state index contributed by atoms with van der Waals surface area (Å²) < 4.78 is 13.7. The fourth-order valence-corrected chi connectivity index (χ4v) is 2.22. The van der Waals surface area contributed by atoms with Crippen LogP contribution in [0.5, 0.6) is 0 Å². The van der Waals surface area contributed by atoms with Crippen LogP contribution in [0, 0.1) is 26.6 Å². The fraction of sp³-hybridized carbons (Fsp3) is 0.263. The normalized spacial score (nSPS) is 10.4. The van der Waals surface area contributed by atoms with Crippen molar-refractivity contribution in [2.75, 3.05) is 5.32 Å². The SMILES string of the molecule is Cc1ccc(NC(=O)CCC(=O)c2ccc(C)c(C)c2)c(F)c1. The Kier molecular flexibility index (Phi) is 5.27. The van der Waals surface area contributed by atoms with Crippen molar-refractivity contribution in [1.29, 1.82) is 0 Å². The van der Waals surface area contributed by atoms with Crippen LogP contribution in [0.2, 0.25) is 0 Å². The molecule has 0 bridgehead atoms. The molecule has 0 aromatic heterocycles. The van der Waals surface area contributed by atoms with Gasteiger partial charge in [-0.15, -0.1) is 0 Å². The summed E-state index contributed by atoms with van der Waals surface area (Å²) in [4.78, 5) is 24.0. The molecule has 1 N–H and O–H groups in total. The van der Waals surface area contributed by atoms with Gasteiger partial charge >= 0.3 is 0 Å². The van der Waals surface area contributed by atoms with Gasteiger partial charge in [0, 0.05) is 18.4 Å². The Morgan fingerprint density at radius 2 is 1.70 bits per heavy atom. The number of Topliss-reactive ketones (excluding diaryl/α,β-unsaturated/α-hetero) is 1. The van der Waals surface area contributed by atoms with Gasteiger partial charge in [-0.3, -0.25) is 9.59 Å². The van der Waals surface area contributed by atoms with Crippen molar-refractivity contribution in [3.63, 3.8) is 0 Å². The van der Waals surface area contributed by atoms with Gasteiger partial charge in [0.1, 0.15) is 5.82 Å². The molecule has 2 aromatic carbocycles. The second kappa shape index (κ2) is 7.18. The van der Waals surface area contributed by atoms with Gasteiger partial charge in [-0.1, -0.05) is 18.2 Å². The molecule has 0 fully saturated rings. The molecule has 120 valence electrons. The molecule has 0 aliphatic rings. The fourth-order valence-electron chi connectivity index (χ4n) is 2.22. The number of aryl methyl sites for hydroxylation is 3. The minimum absolute atomic E-state index is 0.0269. The highest BCUT2D eigenvalue weighted by atomic mass is 19.1. The molecule has 0 heterocycles. The van der Waals surface area contributed by atoms with E-state index in [0.29, 0.717) is 5.56 Å². The van der Waals surface area contributed by atoms with Crippen LogP contribution in [0.3, 0.4) is 0 Å². The van der Waals surface area contributed by atoms with Crippen LogP contribution in [-0.4, -0.2) is 11.7 Å².